The molecule has 0 aliphatic heterocycles. The average Bonchev–Trinajstić information content (AvgIpc) is 3.65. The van der Waals surface area contributed by atoms with E-state index >= 15 is 0 Å². The topological polar surface area (TPSA) is 84.2 Å². The second-order valence-corrected chi connectivity index (χ2v) is 8.92. The minimum Gasteiger partial charge on any atom is -0.493 e. The number of para-hydroxylation sites is 1. The fourth-order valence-corrected chi connectivity index (χ4v) is 4.07. The fraction of sp³-hybridized carbons (Fsp3) is 0.357. The zero-order valence-electron chi connectivity index (χ0n) is 21.0. The smallest absolute Gasteiger partial charge is 0.322 e. The van der Waals surface area contributed by atoms with Gasteiger partial charge in [-0.25, -0.2) is 4.79 Å². The summed E-state index contributed by atoms with van der Waals surface area (Å²) in [6.07, 6.45) is 2.42. The fourth-order valence-electron chi connectivity index (χ4n) is 4.07. The van der Waals surface area contributed by atoms with Gasteiger partial charge in [-0.05, 0) is 68.1 Å². The summed E-state index contributed by atoms with van der Waals surface area (Å²) < 4.78 is 16.5. The molecule has 1 saturated carbocycles. The van der Waals surface area contributed by atoms with Gasteiger partial charge in [0.25, 0.3) is 0 Å². The van der Waals surface area contributed by atoms with E-state index in [4.69, 9.17) is 13.9 Å². The predicted molar refractivity (Wildman–Crippen MR) is 137 cm³/mol. The number of hydrogen-bond acceptors (Lipinski definition) is 5. The Kier molecular flexibility index (Phi) is 8.15. The monoisotopic (exact) mass is 491 g/mol. The van der Waals surface area contributed by atoms with E-state index in [1.54, 1.807) is 24.0 Å². The molecule has 0 radical (unpaired) electrons. The SMILES string of the molecule is COc1ccc(CCN(Cc2ccc(C)o2)C(=O)CN(C(=O)Nc2ccccc2)C2CC2)cc1OC. The van der Waals surface area contributed by atoms with Crippen molar-refractivity contribution in [2.75, 3.05) is 32.6 Å². The lowest BCUT2D eigenvalue weighted by Crippen LogP contribution is -2.45. The quantitative estimate of drug-likeness (QED) is 0.414. The highest BCUT2D eigenvalue weighted by molar-refractivity contribution is 5.92. The number of anilines is 1. The van der Waals surface area contributed by atoms with Crippen LogP contribution in [0, 0.1) is 6.92 Å². The van der Waals surface area contributed by atoms with Gasteiger partial charge in [0.05, 0.1) is 20.8 Å². The van der Waals surface area contributed by atoms with E-state index in [1.165, 1.54) is 0 Å². The van der Waals surface area contributed by atoms with Crippen molar-refractivity contribution >= 4 is 17.6 Å². The van der Waals surface area contributed by atoms with E-state index in [0.717, 1.165) is 24.2 Å². The molecule has 1 aliphatic rings. The number of nitrogens with zero attached hydrogens (tertiary/aromatic N) is 2. The van der Waals surface area contributed by atoms with Gasteiger partial charge in [-0.15, -0.1) is 0 Å². The van der Waals surface area contributed by atoms with Crippen molar-refractivity contribution in [1.29, 1.82) is 0 Å². The van der Waals surface area contributed by atoms with Gasteiger partial charge in [0.1, 0.15) is 18.1 Å². The third-order valence-corrected chi connectivity index (χ3v) is 6.19. The van der Waals surface area contributed by atoms with Crippen LogP contribution in [-0.2, 0) is 17.8 Å². The Hall–Kier alpha value is -3.94. The van der Waals surface area contributed by atoms with E-state index in [9.17, 15) is 9.59 Å². The minimum atomic E-state index is -0.259. The largest absolute Gasteiger partial charge is 0.493 e. The van der Waals surface area contributed by atoms with E-state index < -0.39 is 0 Å². The first kappa shape index (κ1) is 25.2. The van der Waals surface area contributed by atoms with Crippen LogP contribution in [-0.4, -0.2) is 55.1 Å². The summed E-state index contributed by atoms with van der Waals surface area (Å²) in [6, 6.07) is 18.6. The molecule has 0 atom stereocenters. The van der Waals surface area contributed by atoms with E-state index in [0.29, 0.717) is 42.5 Å². The zero-order chi connectivity index (χ0) is 25.5. The van der Waals surface area contributed by atoms with Crippen LogP contribution in [0.1, 0.15) is 29.9 Å². The molecule has 190 valence electrons. The van der Waals surface area contributed by atoms with Crippen molar-refractivity contribution in [3.05, 3.63) is 77.7 Å². The summed E-state index contributed by atoms with van der Waals surface area (Å²) in [4.78, 5) is 29.9. The maximum atomic E-state index is 13.5. The average molecular weight is 492 g/mol. The Bertz CT molecular complexity index is 1170. The van der Waals surface area contributed by atoms with Crippen LogP contribution in [0.2, 0.25) is 0 Å². The van der Waals surface area contributed by atoms with Crippen LogP contribution in [0.15, 0.2) is 65.1 Å². The number of carbonyl (C=O) groups excluding carboxylic acids is 2. The molecule has 0 spiro atoms. The van der Waals surface area contributed by atoms with Crippen molar-refractivity contribution in [1.82, 2.24) is 9.80 Å². The number of hydrogen-bond donors (Lipinski definition) is 1. The van der Waals surface area contributed by atoms with Crippen molar-refractivity contribution in [3.8, 4) is 11.5 Å². The molecule has 0 unspecified atom stereocenters. The van der Waals surface area contributed by atoms with Gasteiger partial charge < -0.3 is 29.0 Å². The van der Waals surface area contributed by atoms with Gasteiger partial charge >= 0.3 is 6.03 Å². The number of methoxy groups -OCH3 is 2. The minimum absolute atomic E-state index is 0.00889. The molecule has 8 heteroatoms. The first-order valence-corrected chi connectivity index (χ1v) is 12.1. The molecular weight excluding hydrogens is 458 g/mol. The lowest BCUT2D eigenvalue weighted by Gasteiger charge is -2.27. The number of aryl methyl sites for hydroxylation is 1. The Balaban J connectivity index is 1.47. The number of ether oxygens (including phenoxy) is 2. The Morgan fingerprint density at radius 1 is 1.00 bits per heavy atom. The molecule has 1 N–H and O–H groups in total. The van der Waals surface area contributed by atoms with E-state index in [1.807, 2.05) is 67.6 Å². The Morgan fingerprint density at radius 3 is 2.39 bits per heavy atom. The lowest BCUT2D eigenvalue weighted by atomic mass is 10.1. The van der Waals surface area contributed by atoms with Crippen molar-refractivity contribution < 1.29 is 23.5 Å². The number of rotatable bonds is 11. The summed E-state index contributed by atoms with van der Waals surface area (Å²) in [7, 11) is 3.20. The standard InChI is InChI=1S/C28H33N3O5/c1-20-9-13-24(36-20)18-30(16-15-21-10-14-25(34-2)26(17-21)35-3)27(32)19-31(23-11-12-23)28(33)29-22-7-5-4-6-8-22/h4-10,13-14,17,23H,11-12,15-16,18-19H2,1-3H3,(H,29,33). The molecule has 3 aromatic rings. The van der Waals surface area contributed by atoms with E-state index in [2.05, 4.69) is 5.32 Å². The summed E-state index contributed by atoms with van der Waals surface area (Å²) in [5.74, 6) is 2.68. The van der Waals surface area contributed by atoms with Crippen LogP contribution >= 0.6 is 0 Å². The summed E-state index contributed by atoms with van der Waals surface area (Å²) in [6.45, 7) is 2.68. The van der Waals surface area contributed by atoms with Gasteiger partial charge in [0.15, 0.2) is 11.5 Å². The van der Waals surface area contributed by atoms with Crippen molar-refractivity contribution in [3.63, 3.8) is 0 Å². The van der Waals surface area contributed by atoms with E-state index in [-0.39, 0.29) is 24.5 Å². The van der Waals surface area contributed by atoms with Crippen LogP contribution in [0.25, 0.3) is 0 Å². The number of urea groups is 1. The maximum Gasteiger partial charge on any atom is 0.322 e. The molecule has 1 aromatic heterocycles. The molecular formula is C28H33N3O5. The second kappa shape index (κ2) is 11.7. The predicted octanol–water partition coefficient (Wildman–Crippen LogP) is 4.87. The lowest BCUT2D eigenvalue weighted by molar-refractivity contribution is -0.132. The Labute approximate surface area is 211 Å². The van der Waals surface area contributed by atoms with Gasteiger partial charge in [-0.1, -0.05) is 24.3 Å². The highest BCUT2D eigenvalue weighted by Crippen LogP contribution is 2.29. The van der Waals surface area contributed by atoms with Crippen LogP contribution in [0.3, 0.4) is 0 Å². The third kappa shape index (κ3) is 6.59. The molecule has 2 aromatic carbocycles. The molecule has 36 heavy (non-hydrogen) atoms. The first-order valence-electron chi connectivity index (χ1n) is 12.1. The number of benzene rings is 2. The van der Waals surface area contributed by atoms with Crippen LogP contribution in [0.4, 0.5) is 10.5 Å². The molecule has 3 amide bonds. The van der Waals surface area contributed by atoms with Gasteiger partial charge in [-0.2, -0.15) is 0 Å². The molecule has 0 bridgehead atoms. The number of furan rings is 1. The molecule has 1 fully saturated rings. The molecule has 1 aliphatic carbocycles. The second-order valence-electron chi connectivity index (χ2n) is 8.92. The first-order chi connectivity index (χ1) is 17.5. The molecule has 0 saturated heterocycles. The van der Waals surface area contributed by atoms with Crippen molar-refractivity contribution in [2.45, 2.75) is 38.8 Å². The summed E-state index contributed by atoms with van der Waals surface area (Å²) in [5.41, 5.74) is 1.72. The number of nitrogens with one attached hydrogen (secondary N) is 1. The highest BCUT2D eigenvalue weighted by atomic mass is 16.5. The highest BCUT2D eigenvalue weighted by Gasteiger charge is 2.35. The van der Waals surface area contributed by atoms with Gasteiger partial charge in [-0.3, -0.25) is 4.79 Å². The van der Waals surface area contributed by atoms with Gasteiger partial charge in [0.2, 0.25) is 5.91 Å². The summed E-state index contributed by atoms with van der Waals surface area (Å²) in [5, 5.41) is 2.91. The molecule has 1 heterocycles. The number of carbonyl (C=O) groups is 2. The van der Waals surface area contributed by atoms with Crippen molar-refractivity contribution in [2.24, 2.45) is 0 Å². The third-order valence-electron chi connectivity index (χ3n) is 6.19. The summed E-state index contributed by atoms with van der Waals surface area (Å²) >= 11 is 0. The Morgan fingerprint density at radius 2 is 1.75 bits per heavy atom. The van der Waals surface area contributed by atoms with Gasteiger partial charge in [0, 0.05) is 18.3 Å². The normalized spacial score (nSPS) is 12.6. The molecule has 8 nitrogen and oxygen atoms in total. The van der Waals surface area contributed by atoms with Crippen LogP contribution < -0.4 is 14.8 Å². The zero-order valence-corrected chi connectivity index (χ0v) is 21.0. The number of amides is 3. The molecule has 4 rings (SSSR count). The van der Waals surface area contributed by atoms with Crippen LogP contribution in [0.5, 0.6) is 11.5 Å². The maximum absolute atomic E-state index is 13.5.